The van der Waals surface area contributed by atoms with Crippen LogP contribution in [0.2, 0.25) is 0 Å². The minimum atomic E-state index is -3.71. The predicted molar refractivity (Wildman–Crippen MR) is 111 cm³/mol. The largest absolute Gasteiger partial charge is 0.461 e. The van der Waals surface area contributed by atoms with E-state index >= 15 is 0 Å². The van der Waals surface area contributed by atoms with E-state index in [1.54, 1.807) is 49.4 Å². The zero-order chi connectivity index (χ0) is 20.4. The van der Waals surface area contributed by atoms with Crippen molar-refractivity contribution in [3.05, 3.63) is 54.1 Å². The number of halogens is 1. The van der Waals surface area contributed by atoms with Gasteiger partial charge in [-0.1, -0.05) is 24.3 Å². The third-order valence-electron chi connectivity index (χ3n) is 4.77. The molecule has 0 amide bonds. The standard InChI is InChI=1S/C20H25ClN2O4S/c1-3-26-20(2,14-22)27-16-9-10-18-15(12-21)13-23(19(18)11-16)28(24,25)17-7-5-4-6-8-17/h4-11,15H,3,12-14,22H2,1-2H3. The van der Waals surface area contributed by atoms with Crippen molar-refractivity contribution in [1.82, 2.24) is 0 Å². The fourth-order valence-electron chi connectivity index (χ4n) is 3.31. The molecule has 152 valence electrons. The normalized spacial score (nSPS) is 18.6. The van der Waals surface area contributed by atoms with Crippen molar-refractivity contribution in [2.24, 2.45) is 5.73 Å². The van der Waals surface area contributed by atoms with Crippen LogP contribution in [0, 0.1) is 0 Å². The van der Waals surface area contributed by atoms with Gasteiger partial charge in [0.05, 0.1) is 17.1 Å². The molecule has 1 aliphatic rings. The summed E-state index contributed by atoms with van der Waals surface area (Å²) in [6.45, 7) is 4.51. The van der Waals surface area contributed by atoms with E-state index in [9.17, 15) is 8.42 Å². The van der Waals surface area contributed by atoms with Crippen LogP contribution in [0.4, 0.5) is 5.69 Å². The van der Waals surface area contributed by atoms with Gasteiger partial charge in [-0.25, -0.2) is 8.42 Å². The molecule has 0 radical (unpaired) electrons. The van der Waals surface area contributed by atoms with Gasteiger partial charge in [-0.05, 0) is 30.7 Å². The number of benzene rings is 2. The van der Waals surface area contributed by atoms with E-state index in [4.69, 9.17) is 26.8 Å². The van der Waals surface area contributed by atoms with Crippen molar-refractivity contribution < 1.29 is 17.9 Å². The number of fused-ring (bicyclic) bond motifs is 1. The lowest BCUT2D eigenvalue weighted by atomic mass is 10.0. The molecule has 0 saturated carbocycles. The van der Waals surface area contributed by atoms with E-state index in [1.807, 2.05) is 13.0 Å². The molecule has 1 aliphatic heterocycles. The number of nitrogens with zero attached hydrogens (tertiary/aromatic N) is 1. The van der Waals surface area contributed by atoms with E-state index in [1.165, 1.54) is 4.31 Å². The molecule has 0 bridgehead atoms. The van der Waals surface area contributed by atoms with Gasteiger partial charge < -0.3 is 15.2 Å². The summed E-state index contributed by atoms with van der Waals surface area (Å²) in [5.74, 6) is -0.259. The summed E-state index contributed by atoms with van der Waals surface area (Å²) >= 11 is 6.12. The maximum absolute atomic E-state index is 13.2. The second-order valence-electron chi connectivity index (χ2n) is 6.79. The molecular weight excluding hydrogens is 400 g/mol. The molecular formula is C20H25ClN2O4S. The van der Waals surface area contributed by atoms with Crippen molar-refractivity contribution in [2.75, 3.05) is 29.9 Å². The van der Waals surface area contributed by atoms with Crippen molar-refractivity contribution in [3.63, 3.8) is 0 Å². The monoisotopic (exact) mass is 424 g/mol. The van der Waals surface area contributed by atoms with Crippen LogP contribution in [0.5, 0.6) is 5.75 Å². The highest BCUT2D eigenvalue weighted by atomic mass is 35.5. The summed E-state index contributed by atoms with van der Waals surface area (Å²) in [5, 5.41) is 0. The molecule has 0 saturated heterocycles. The zero-order valence-electron chi connectivity index (χ0n) is 16.0. The molecule has 2 aromatic rings. The van der Waals surface area contributed by atoms with Gasteiger partial charge in [0, 0.05) is 37.9 Å². The Balaban J connectivity index is 2.01. The second-order valence-corrected chi connectivity index (χ2v) is 8.96. The maximum atomic E-state index is 13.2. The summed E-state index contributed by atoms with van der Waals surface area (Å²) in [6.07, 6.45) is 0. The van der Waals surface area contributed by atoms with E-state index in [-0.39, 0.29) is 17.4 Å². The number of alkyl halides is 1. The van der Waals surface area contributed by atoms with Crippen molar-refractivity contribution >= 4 is 27.3 Å². The third-order valence-corrected chi connectivity index (χ3v) is 6.93. The highest BCUT2D eigenvalue weighted by molar-refractivity contribution is 7.92. The maximum Gasteiger partial charge on any atom is 0.264 e. The number of sulfonamides is 1. The third kappa shape index (κ3) is 3.98. The number of ether oxygens (including phenoxy) is 2. The van der Waals surface area contributed by atoms with Crippen LogP contribution in [0.25, 0.3) is 0 Å². The number of nitrogens with two attached hydrogens (primary N) is 1. The summed E-state index contributed by atoms with van der Waals surface area (Å²) in [7, 11) is -3.71. The Labute approximate surface area is 171 Å². The molecule has 8 heteroatoms. The molecule has 0 aromatic heterocycles. The highest BCUT2D eigenvalue weighted by Crippen LogP contribution is 2.42. The van der Waals surface area contributed by atoms with Crippen LogP contribution >= 0.6 is 11.6 Å². The van der Waals surface area contributed by atoms with Crippen molar-refractivity contribution in [3.8, 4) is 5.75 Å². The van der Waals surface area contributed by atoms with Gasteiger partial charge in [-0.3, -0.25) is 4.31 Å². The van der Waals surface area contributed by atoms with Crippen LogP contribution in [-0.2, 0) is 14.8 Å². The molecule has 6 nitrogen and oxygen atoms in total. The fourth-order valence-corrected chi connectivity index (χ4v) is 5.12. The first-order valence-corrected chi connectivity index (χ1v) is 11.1. The Bertz CT molecular complexity index is 923. The molecule has 3 rings (SSSR count). The van der Waals surface area contributed by atoms with Crippen LogP contribution in [0.15, 0.2) is 53.4 Å². The summed E-state index contributed by atoms with van der Waals surface area (Å²) in [6, 6.07) is 13.7. The van der Waals surface area contributed by atoms with Crippen LogP contribution in [0.1, 0.15) is 25.3 Å². The van der Waals surface area contributed by atoms with Crippen molar-refractivity contribution in [2.45, 2.75) is 30.4 Å². The minimum Gasteiger partial charge on any atom is -0.461 e. The Morgan fingerprint density at radius 1 is 1.25 bits per heavy atom. The predicted octanol–water partition coefficient (Wildman–Crippen LogP) is 3.31. The van der Waals surface area contributed by atoms with Gasteiger partial charge in [0.15, 0.2) is 0 Å². The average molecular weight is 425 g/mol. The molecule has 2 atom stereocenters. The fraction of sp³-hybridized carbons (Fsp3) is 0.400. The molecule has 0 fully saturated rings. The molecule has 28 heavy (non-hydrogen) atoms. The smallest absolute Gasteiger partial charge is 0.264 e. The molecule has 2 N–H and O–H groups in total. The molecule has 0 aliphatic carbocycles. The lowest BCUT2D eigenvalue weighted by molar-refractivity contribution is -0.158. The van der Waals surface area contributed by atoms with Gasteiger partial charge in [-0.2, -0.15) is 0 Å². The first kappa shape index (κ1) is 20.9. The van der Waals surface area contributed by atoms with Gasteiger partial charge in [0.25, 0.3) is 10.0 Å². The number of anilines is 1. The summed E-state index contributed by atoms with van der Waals surface area (Å²) in [4.78, 5) is 0.239. The van der Waals surface area contributed by atoms with Crippen LogP contribution in [0.3, 0.4) is 0 Å². The molecule has 0 spiro atoms. The lowest BCUT2D eigenvalue weighted by Gasteiger charge is -2.29. The van der Waals surface area contributed by atoms with Gasteiger partial charge in [-0.15, -0.1) is 11.6 Å². The van der Waals surface area contributed by atoms with Gasteiger partial charge >= 0.3 is 0 Å². The quantitative estimate of drug-likeness (QED) is 0.519. The van der Waals surface area contributed by atoms with E-state index in [0.717, 1.165) is 5.56 Å². The SMILES string of the molecule is CCOC(C)(CN)Oc1ccc2c(c1)N(S(=O)(=O)c1ccccc1)CC2CCl. The molecule has 1 heterocycles. The van der Waals surface area contributed by atoms with E-state index < -0.39 is 15.8 Å². The highest BCUT2D eigenvalue weighted by Gasteiger charge is 2.37. The number of hydrogen-bond acceptors (Lipinski definition) is 5. The topological polar surface area (TPSA) is 81.9 Å². The Kier molecular flexibility index (Phi) is 6.19. The van der Waals surface area contributed by atoms with Crippen LogP contribution < -0.4 is 14.8 Å². The van der Waals surface area contributed by atoms with Crippen molar-refractivity contribution in [1.29, 1.82) is 0 Å². The molecule has 2 unspecified atom stereocenters. The lowest BCUT2D eigenvalue weighted by Crippen LogP contribution is -2.43. The first-order chi connectivity index (χ1) is 13.3. The Morgan fingerprint density at radius 2 is 1.96 bits per heavy atom. The molecule has 2 aromatic carbocycles. The Morgan fingerprint density at radius 3 is 2.57 bits per heavy atom. The summed E-state index contributed by atoms with van der Waals surface area (Å²) < 4.78 is 39.4. The van der Waals surface area contributed by atoms with Crippen LogP contribution in [-0.4, -0.2) is 39.8 Å². The first-order valence-electron chi connectivity index (χ1n) is 9.15. The minimum absolute atomic E-state index is 0.0861. The Hall–Kier alpha value is -1.80. The van der Waals surface area contributed by atoms with Gasteiger partial charge in [0.1, 0.15) is 5.75 Å². The average Bonchev–Trinajstić information content (AvgIpc) is 3.07. The van der Waals surface area contributed by atoms with E-state index in [2.05, 4.69) is 0 Å². The number of rotatable bonds is 8. The van der Waals surface area contributed by atoms with E-state index in [0.29, 0.717) is 30.5 Å². The second kappa shape index (κ2) is 8.29. The summed E-state index contributed by atoms with van der Waals surface area (Å²) in [5.41, 5.74) is 7.25. The van der Waals surface area contributed by atoms with Gasteiger partial charge in [0.2, 0.25) is 5.79 Å². The number of hydrogen-bond donors (Lipinski definition) is 1. The zero-order valence-corrected chi connectivity index (χ0v) is 17.5.